The van der Waals surface area contributed by atoms with E-state index < -0.39 is 21.7 Å². The fourth-order valence-electron chi connectivity index (χ4n) is 1.87. The van der Waals surface area contributed by atoms with Gasteiger partial charge in [-0.25, -0.2) is 13.2 Å². The summed E-state index contributed by atoms with van der Waals surface area (Å²) in [6, 6.07) is 4.76. The number of amides is 1. The second-order valence-corrected chi connectivity index (χ2v) is 7.86. The molecule has 0 bridgehead atoms. The van der Waals surface area contributed by atoms with Gasteiger partial charge in [-0.3, -0.25) is 4.72 Å². The topological polar surface area (TPSA) is 84.5 Å². The zero-order chi connectivity index (χ0) is 18.5. The van der Waals surface area contributed by atoms with E-state index in [1.165, 1.54) is 6.08 Å². The van der Waals surface area contributed by atoms with Crippen LogP contribution in [-0.2, 0) is 14.8 Å². The van der Waals surface area contributed by atoms with Crippen molar-refractivity contribution in [2.75, 3.05) is 4.72 Å². The van der Waals surface area contributed by atoms with Crippen molar-refractivity contribution in [1.29, 1.82) is 0 Å². The predicted molar refractivity (Wildman–Crippen MR) is 97.1 cm³/mol. The highest BCUT2D eigenvalue weighted by molar-refractivity contribution is 7.95. The fraction of sp³-hybridized carbons (Fsp3) is 0.353. The van der Waals surface area contributed by atoms with Crippen molar-refractivity contribution in [2.24, 2.45) is 0 Å². The third-order valence-corrected chi connectivity index (χ3v) is 3.94. The van der Waals surface area contributed by atoms with E-state index >= 15 is 0 Å². The highest BCUT2D eigenvalue weighted by atomic mass is 32.2. The van der Waals surface area contributed by atoms with E-state index in [9.17, 15) is 13.2 Å². The summed E-state index contributed by atoms with van der Waals surface area (Å²) in [6.07, 6.45) is 1.01. The van der Waals surface area contributed by atoms with Gasteiger partial charge in [-0.15, -0.1) is 0 Å². The van der Waals surface area contributed by atoms with Crippen LogP contribution in [0, 0.1) is 0 Å². The Balaban J connectivity index is 2.96. The fourth-order valence-corrected chi connectivity index (χ4v) is 2.45. The van der Waals surface area contributed by atoms with Gasteiger partial charge in [0.15, 0.2) is 0 Å². The number of ether oxygens (including phenoxy) is 1. The Bertz CT molecular complexity index is 733. The quantitative estimate of drug-likeness (QED) is 0.815. The molecular weight excluding hydrogens is 328 g/mol. The highest BCUT2D eigenvalue weighted by Crippen LogP contribution is 2.24. The van der Waals surface area contributed by atoms with Crippen molar-refractivity contribution in [2.45, 2.75) is 39.3 Å². The van der Waals surface area contributed by atoms with Crippen LogP contribution < -0.4 is 10.0 Å². The van der Waals surface area contributed by atoms with Crippen LogP contribution >= 0.6 is 0 Å². The van der Waals surface area contributed by atoms with Gasteiger partial charge in [0.05, 0.1) is 11.7 Å². The minimum absolute atomic E-state index is 0.316. The molecule has 0 radical (unpaired) electrons. The summed E-state index contributed by atoms with van der Waals surface area (Å²) >= 11 is 0. The molecule has 0 aliphatic heterocycles. The lowest BCUT2D eigenvalue weighted by molar-refractivity contribution is 0.0508. The summed E-state index contributed by atoms with van der Waals surface area (Å²) in [6.45, 7) is 14.1. The van der Waals surface area contributed by atoms with E-state index in [1.54, 1.807) is 45.9 Å². The lowest BCUT2D eigenvalue weighted by atomic mass is 10.0. The molecule has 0 unspecified atom stereocenters. The summed E-state index contributed by atoms with van der Waals surface area (Å²) in [5.74, 6) is 0. The standard InChI is InChI=1S/C17H24N2O4S/c1-7-13-11-14(9-10-15(13)19-24(21,22)8-2)12(3)18-16(20)23-17(4,5)6/h7-12,19H,1-2H2,3-6H3,(H,18,20)/t12-/m1/s1. The number of nitrogens with one attached hydrogen (secondary N) is 2. The molecule has 1 amide bonds. The second-order valence-electron chi connectivity index (χ2n) is 6.23. The Kier molecular flexibility index (Phi) is 6.20. The van der Waals surface area contributed by atoms with Crippen molar-refractivity contribution in [3.63, 3.8) is 0 Å². The Hall–Kier alpha value is -2.28. The number of hydrogen-bond acceptors (Lipinski definition) is 4. The van der Waals surface area contributed by atoms with Gasteiger partial charge in [-0.1, -0.05) is 25.3 Å². The minimum Gasteiger partial charge on any atom is -0.444 e. The van der Waals surface area contributed by atoms with Crippen LogP contribution in [0.1, 0.15) is 44.9 Å². The molecule has 0 aromatic heterocycles. The number of carbonyl (C=O) groups is 1. The molecule has 1 aromatic carbocycles. The molecule has 0 aliphatic rings. The van der Waals surface area contributed by atoms with Gasteiger partial charge in [-0.2, -0.15) is 0 Å². The molecule has 7 heteroatoms. The number of alkyl carbamates (subject to hydrolysis) is 1. The van der Waals surface area contributed by atoms with Gasteiger partial charge in [0.25, 0.3) is 10.0 Å². The van der Waals surface area contributed by atoms with E-state index in [4.69, 9.17) is 4.74 Å². The molecular formula is C17H24N2O4S. The van der Waals surface area contributed by atoms with Crippen LogP contribution in [0.25, 0.3) is 6.08 Å². The number of rotatable bonds is 6. The molecule has 1 atom stereocenters. The zero-order valence-corrected chi connectivity index (χ0v) is 15.2. The molecule has 1 rings (SSSR count). The second kappa shape index (κ2) is 7.53. The lowest BCUT2D eigenvalue weighted by Gasteiger charge is -2.22. The maximum absolute atomic E-state index is 11.8. The minimum atomic E-state index is -3.60. The Morgan fingerprint density at radius 2 is 1.92 bits per heavy atom. The van der Waals surface area contributed by atoms with Gasteiger partial charge < -0.3 is 10.1 Å². The first-order valence-corrected chi connectivity index (χ1v) is 8.93. The summed E-state index contributed by atoms with van der Waals surface area (Å²) < 4.78 is 30.8. The Morgan fingerprint density at radius 3 is 2.42 bits per heavy atom. The first-order chi connectivity index (χ1) is 11.0. The first kappa shape index (κ1) is 19.8. The van der Waals surface area contributed by atoms with Crippen LogP contribution in [0.2, 0.25) is 0 Å². The molecule has 0 aliphatic carbocycles. The van der Waals surface area contributed by atoms with E-state index in [2.05, 4.69) is 23.2 Å². The van der Waals surface area contributed by atoms with Crippen molar-refractivity contribution in [3.8, 4) is 0 Å². The predicted octanol–water partition coefficient (Wildman–Crippen LogP) is 3.80. The van der Waals surface area contributed by atoms with Crippen molar-refractivity contribution < 1.29 is 17.9 Å². The van der Waals surface area contributed by atoms with E-state index in [0.717, 1.165) is 11.0 Å². The van der Waals surface area contributed by atoms with Gasteiger partial charge in [-0.05, 0) is 51.0 Å². The monoisotopic (exact) mass is 352 g/mol. The van der Waals surface area contributed by atoms with Crippen molar-refractivity contribution in [3.05, 3.63) is 47.9 Å². The molecule has 2 N–H and O–H groups in total. The van der Waals surface area contributed by atoms with Crippen LogP contribution in [0.15, 0.2) is 36.8 Å². The van der Waals surface area contributed by atoms with Crippen LogP contribution in [-0.4, -0.2) is 20.1 Å². The van der Waals surface area contributed by atoms with Gasteiger partial charge in [0.1, 0.15) is 5.60 Å². The Labute approximate surface area is 143 Å². The summed E-state index contributed by atoms with van der Waals surface area (Å²) in [5.41, 5.74) is 1.19. The number of hydrogen-bond donors (Lipinski definition) is 2. The third kappa shape index (κ3) is 6.08. The van der Waals surface area contributed by atoms with E-state index in [1.807, 2.05) is 0 Å². The molecule has 24 heavy (non-hydrogen) atoms. The lowest BCUT2D eigenvalue weighted by Crippen LogP contribution is -2.34. The molecule has 1 aromatic rings. The molecule has 0 heterocycles. The molecule has 0 saturated heterocycles. The van der Waals surface area contributed by atoms with Gasteiger partial charge in [0.2, 0.25) is 0 Å². The Morgan fingerprint density at radius 1 is 1.29 bits per heavy atom. The SMILES string of the molecule is C=Cc1cc([C@@H](C)NC(=O)OC(C)(C)C)ccc1NS(=O)(=O)C=C. The number of sulfonamides is 1. The maximum Gasteiger partial charge on any atom is 0.408 e. The molecule has 0 spiro atoms. The molecule has 0 fully saturated rings. The van der Waals surface area contributed by atoms with Gasteiger partial charge >= 0.3 is 6.09 Å². The molecule has 6 nitrogen and oxygen atoms in total. The summed E-state index contributed by atoms with van der Waals surface area (Å²) in [5, 5.41) is 3.57. The smallest absolute Gasteiger partial charge is 0.408 e. The third-order valence-electron chi connectivity index (χ3n) is 3.00. The summed E-state index contributed by atoms with van der Waals surface area (Å²) in [4.78, 5) is 11.8. The summed E-state index contributed by atoms with van der Waals surface area (Å²) in [7, 11) is -3.60. The normalized spacial score (nSPS) is 12.8. The van der Waals surface area contributed by atoms with Crippen molar-refractivity contribution >= 4 is 27.9 Å². The number of anilines is 1. The van der Waals surface area contributed by atoms with Crippen molar-refractivity contribution in [1.82, 2.24) is 5.32 Å². The first-order valence-electron chi connectivity index (χ1n) is 7.38. The molecule has 0 saturated carbocycles. The largest absolute Gasteiger partial charge is 0.444 e. The highest BCUT2D eigenvalue weighted by Gasteiger charge is 2.19. The van der Waals surface area contributed by atoms with Crippen LogP contribution in [0.5, 0.6) is 0 Å². The van der Waals surface area contributed by atoms with Crippen LogP contribution in [0.3, 0.4) is 0 Å². The van der Waals surface area contributed by atoms with E-state index in [0.29, 0.717) is 11.3 Å². The van der Waals surface area contributed by atoms with E-state index in [-0.39, 0.29) is 6.04 Å². The molecule has 132 valence electrons. The number of carbonyl (C=O) groups excluding carboxylic acids is 1. The maximum atomic E-state index is 11.8. The average molecular weight is 352 g/mol. The average Bonchev–Trinajstić information content (AvgIpc) is 2.45. The van der Waals surface area contributed by atoms with Gasteiger partial charge in [0, 0.05) is 5.41 Å². The van der Waals surface area contributed by atoms with Crippen LogP contribution in [0.4, 0.5) is 10.5 Å². The number of benzene rings is 1. The zero-order valence-electron chi connectivity index (χ0n) is 14.4.